The number of amides is 1. The number of rotatable bonds is 9. The zero-order valence-corrected chi connectivity index (χ0v) is 22.4. The second-order valence-electron chi connectivity index (χ2n) is 8.38. The van der Waals surface area contributed by atoms with E-state index in [4.69, 9.17) is 16.3 Å². The Morgan fingerprint density at radius 1 is 0.947 bits per heavy atom. The number of nitrogens with one attached hydrogen (secondary N) is 1. The number of ether oxygens (including phenoxy) is 1. The molecule has 38 heavy (non-hydrogen) atoms. The molecule has 0 aliphatic heterocycles. The summed E-state index contributed by atoms with van der Waals surface area (Å²) in [5.74, 6) is 0.340. The Hall–Kier alpha value is -4.14. The SMILES string of the molecule is COc1ccc(/C=N\NC(=O)c2ccc(CN(c3cccc(Cl)c3C)S(=O)(=O)c3ccccc3)cc2)cc1. The predicted octanol–water partition coefficient (Wildman–Crippen LogP) is 5.82. The first-order valence-electron chi connectivity index (χ1n) is 11.7. The third-order valence-electron chi connectivity index (χ3n) is 5.88. The lowest BCUT2D eigenvalue weighted by molar-refractivity contribution is 0.0955. The zero-order valence-electron chi connectivity index (χ0n) is 20.8. The van der Waals surface area contributed by atoms with Crippen LogP contribution < -0.4 is 14.5 Å². The smallest absolute Gasteiger partial charge is 0.271 e. The van der Waals surface area contributed by atoms with Crippen LogP contribution >= 0.6 is 11.6 Å². The van der Waals surface area contributed by atoms with Gasteiger partial charge in [0.05, 0.1) is 30.5 Å². The van der Waals surface area contributed by atoms with Gasteiger partial charge in [0.25, 0.3) is 15.9 Å². The molecule has 0 spiro atoms. The molecule has 0 bridgehead atoms. The normalized spacial score (nSPS) is 11.3. The fraction of sp³-hybridized carbons (Fsp3) is 0.103. The summed E-state index contributed by atoms with van der Waals surface area (Å²) in [7, 11) is -2.30. The van der Waals surface area contributed by atoms with Gasteiger partial charge in [0.1, 0.15) is 5.75 Å². The van der Waals surface area contributed by atoms with Crippen LogP contribution in [0.5, 0.6) is 5.75 Å². The molecule has 0 fully saturated rings. The van der Waals surface area contributed by atoms with Crippen molar-refractivity contribution in [2.24, 2.45) is 5.10 Å². The summed E-state index contributed by atoms with van der Waals surface area (Å²) in [5.41, 5.74) is 5.52. The highest BCUT2D eigenvalue weighted by Crippen LogP contribution is 2.32. The largest absolute Gasteiger partial charge is 0.497 e. The maximum Gasteiger partial charge on any atom is 0.271 e. The lowest BCUT2D eigenvalue weighted by atomic mass is 10.1. The molecule has 0 aromatic heterocycles. The standard InChI is InChI=1S/C29H26ClN3O4S/c1-21-27(30)9-6-10-28(21)33(38(35,36)26-7-4-3-5-8-26)20-23-11-15-24(16-12-23)29(34)32-31-19-22-13-17-25(37-2)18-14-22/h3-19H,20H2,1-2H3,(H,32,34)/b31-19-. The average molecular weight is 548 g/mol. The molecule has 0 atom stereocenters. The lowest BCUT2D eigenvalue weighted by Gasteiger charge is -2.26. The molecule has 1 N–H and O–H groups in total. The van der Waals surface area contributed by atoms with Gasteiger partial charge in [-0.15, -0.1) is 0 Å². The van der Waals surface area contributed by atoms with E-state index in [9.17, 15) is 13.2 Å². The number of methoxy groups -OCH3 is 1. The number of nitrogens with zero attached hydrogens (tertiary/aromatic N) is 2. The number of sulfonamides is 1. The van der Waals surface area contributed by atoms with Crippen LogP contribution in [0.1, 0.15) is 27.0 Å². The minimum atomic E-state index is -3.89. The van der Waals surface area contributed by atoms with Crippen LogP contribution in [0.15, 0.2) is 107 Å². The molecule has 0 unspecified atom stereocenters. The fourth-order valence-electron chi connectivity index (χ4n) is 3.73. The van der Waals surface area contributed by atoms with Crippen molar-refractivity contribution in [3.05, 3.63) is 124 Å². The van der Waals surface area contributed by atoms with E-state index < -0.39 is 10.0 Å². The number of anilines is 1. The third kappa shape index (κ3) is 6.22. The van der Waals surface area contributed by atoms with Crippen LogP contribution in [0.3, 0.4) is 0 Å². The first-order chi connectivity index (χ1) is 18.3. The molecule has 0 saturated heterocycles. The molecular formula is C29H26ClN3O4S. The van der Waals surface area contributed by atoms with Gasteiger partial charge in [-0.1, -0.05) is 48.0 Å². The van der Waals surface area contributed by atoms with E-state index >= 15 is 0 Å². The van der Waals surface area contributed by atoms with Crippen LogP contribution in [-0.4, -0.2) is 27.6 Å². The van der Waals surface area contributed by atoms with Crippen LogP contribution in [0, 0.1) is 6.92 Å². The Balaban J connectivity index is 1.53. The molecule has 4 aromatic rings. The quantitative estimate of drug-likeness (QED) is 0.211. The van der Waals surface area contributed by atoms with Gasteiger partial charge >= 0.3 is 0 Å². The molecule has 0 heterocycles. The summed E-state index contributed by atoms with van der Waals surface area (Å²) in [6.07, 6.45) is 1.53. The van der Waals surface area contributed by atoms with E-state index in [0.717, 1.165) is 11.3 Å². The summed E-state index contributed by atoms with van der Waals surface area (Å²) in [5, 5.41) is 4.47. The second kappa shape index (κ2) is 11.9. The summed E-state index contributed by atoms with van der Waals surface area (Å²) in [4.78, 5) is 12.7. The van der Waals surface area contributed by atoms with Crippen LogP contribution in [0.25, 0.3) is 0 Å². The fourth-order valence-corrected chi connectivity index (χ4v) is 5.43. The van der Waals surface area contributed by atoms with Gasteiger partial charge in [0.2, 0.25) is 0 Å². The van der Waals surface area contributed by atoms with E-state index in [1.165, 1.54) is 10.5 Å². The second-order valence-corrected chi connectivity index (χ2v) is 10.6. The van der Waals surface area contributed by atoms with Crippen molar-refractivity contribution in [1.29, 1.82) is 0 Å². The molecule has 7 nitrogen and oxygen atoms in total. The minimum Gasteiger partial charge on any atom is -0.497 e. The monoisotopic (exact) mass is 547 g/mol. The Morgan fingerprint density at radius 3 is 2.29 bits per heavy atom. The third-order valence-corrected chi connectivity index (χ3v) is 8.06. The minimum absolute atomic E-state index is 0.0515. The van der Waals surface area contributed by atoms with Gasteiger partial charge in [-0.2, -0.15) is 5.10 Å². The highest BCUT2D eigenvalue weighted by atomic mass is 35.5. The Morgan fingerprint density at radius 2 is 1.63 bits per heavy atom. The van der Waals surface area contributed by atoms with Crippen molar-refractivity contribution in [3.63, 3.8) is 0 Å². The number of hydrazone groups is 1. The highest BCUT2D eigenvalue weighted by molar-refractivity contribution is 7.92. The van der Waals surface area contributed by atoms with E-state index in [1.807, 2.05) is 12.1 Å². The van der Waals surface area contributed by atoms with Gasteiger partial charge in [-0.05, 0) is 84.3 Å². The lowest BCUT2D eigenvalue weighted by Crippen LogP contribution is -2.31. The van der Waals surface area contributed by atoms with Crippen LogP contribution in [0.4, 0.5) is 5.69 Å². The molecule has 4 aromatic carbocycles. The van der Waals surface area contributed by atoms with Crippen molar-refractivity contribution >= 4 is 39.4 Å². The Labute approximate surface area is 227 Å². The summed E-state index contributed by atoms with van der Waals surface area (Å²) >= 11 is 6.32. The number of carbonyl (C=O) groups excluding carboxylic acids is 1. The van der Waals surface area contributed by atoms with Crippen molar-refractivity contribution in [3.8, 4) is 5.75 Å². The zero-order chi connectivity index (χ0) is 27.1. The molecule has 0 aliphatic rings. The molecule has 0 aliphatic carbocycles. The van der Waals surface area contributed by atoms with Gasteiger partial charge in [0, 0.05) is 10.6 Å². The molecule has 0 saturated carbocycles. The van der Waals surface area contributed by atoms with Crippen molar-refractivity contribution in [2.75, 3.05) is 11.4 Å². The first kappa shape index (κ1) is 26.9. The molecular weight excluding hydrogens is 522 g/mol. The van der Waals surface area contributed by atoms with E-state index in [-0.39, 0.29) is 17.3 Å². The maximum atomic E-state index is 13.6. The van der Waals surface area contributed by atoms with Gasteiger partial charge < -0.3 is 4.74 Å². The Kier molecular flexibility index (Phi) is 8.45. The number of benzene rings is 4. The average Bonchev–Trinajstić information content (AvgIpc) is 2.94. The number of halogens is 1. The number of hydrogen-bond acceptors (Lipinski definition) is 5. The van der Waals surface area contributed by atoms with Crippen LogP contribution in [-0.2, 0) is 16.6 Å². The molecule has 194 valence electrons. The van der Waals surface area contributed by atoms with E-state index in [1.54, 1.807) is 99.0 Å². The predicted molar refractivity (Wildman–Crippen MR) is 150 cm³/mol. The van der Waals surface area contributed by atoms with Crippen molar-refractivity contribution in [1.82, 2.24) is 5.43 Å². The summed E-state index contributed by atoms with van der Waals surface area (Å²) in [6, 6.07) is 27.3. The molecule has 9 heteroatoms. The van der Waals surface area contributed by atoms with Gasteiger partial charge in [0.15, 0.2) is 0 Å². The molecule has 4 rings (SSSR count). The Bertz CT molecular complexity index is 1540. The highest BCUT2D eigenvalue weighted by Gasteiger charge is 2.27. The summed E-state index contributed by atoms with van der Waals surface area (Å²) < 4.78 is 33.7. The topological polar surface area (TPSA) is 88.1 Å². The van der Waals surface area contributed by atoms with Crippen LogP contribution in [0.2, 0.25) is 5.02 Å². The number of carbonyl (C=O) groups is 1. The van der Waals surface area contributed by atoms with E-state index in [0.29, 0.717) is 27.4 Å². The summed E-state index contributed by atoms with van der Waals surface area (Å²) in [6.45, 7) is 1.83. The molecule has 1 amide bonds. The van der Waals surface area contributed by atoms with Crippen molar-refractivity contribution in [2.45, 2.75) is 18.4 Å². The van der Waals surface area contributed by atoms with Gasteiger partial charge in [-0.3, -0.25) is 9.10 Å². The maximum absolute atomic E-state index is 13.6. The first-order valence-corrected chi connectivity index (χ1v) is 13.5. The molecule has 0 radical (unpaired) electrons. The van der Waals surface area contributed by atoms with E-state index in [2.05, 4.69) is 10.5 Å². The number of hydrogen-bond donors (Lipinski definition) is 1. The van der Waals surface area contributed by atoms with Crippen molar-refractivity contribution < 1.29 is 17.9 Å². The van der Waals surface area contributed by atoms with Gasteiger partial charge in [-0.25, -0.2) is 13.8 Å².